The minimum atomic E-state index is -0.167. The van der Waals surface area contributed by atoms with Gasteiger partial charge in [-0.05, 0) is 38.9 Å². The molecule has 0 saturated carbocycles. The zero-order valence-corrected chi connectivity index (χ0v) is 16.4. The van der Waals surface area contributed by atoms with Crippen molar-refractivity contribution >= 4 is 17.6 Å². The van der Waals surface area contributed by atoms with E-state index in [-0.39, 0.29) is 11.8 Å². The number of nitrogens with zero attached hydrogens (tertiary/aromatic N) is 5. The largest absolute Gasteiger partial charge is 0.354 e. The fourth-order valence-electron chi connectivity index (χ4n) is 3.95. The molecule has 7 heteroatoms. The van der Waals surface area contributed by atoms with Gasteiger partial charge in [0.05, 0.1) is 11.1 Å². The van der Waals surface area contributed by atoms with E-state index in [9.17, 15) is 9.59 Å². The van der Waals surface area contributed by atoms with E-state index in [0.717, 1.165) is 56.5 Å². The minimum absolute atomic E-state index is 0.167. The monoisotopic (exact) mass is 379 g/mol. The van der Waals surface area contributed by atoms with Gasteiger partial charge in [-0.1, -0.05) is 12.1 Å². The summed E-state index contributed by atoms with van der Waals surface area (Å²) in [6.45, 7) is 9.00. The van der Waals surface area contributed by atoms with Crippen molar-refractivity contribution in [3.05, 3.63) is 53.0 Å². The second-order valence-electron chi connectivity index (χ2n) is 7.40. The van der Waals surface area contributed by atoms with Gasteiger partial charge in [0.15, 0.2) is 0 Å². The lowest BCUT2D eigenvalue weighted by Crippen LogP contribution is -2.47. The summed E-state index contributed by atoms with van der Waals surface area (Å²) in [5.41, 5.74) is 2.04. The molecule has 1 aromatic heterocycles. The van der Waals surface area contributed by atoms with Gasteiger partial charge in [-0.3, -0.25) is 19.4 Å². The van der Waals surface area contributed by atoms with E-state index >= 15 is 0 Å². The number of carbonyl (C=O) groups is 2. The van der Waals surface area contributed by atoms with E-state index in [4.69, 9.17) is 0 Å². The van der Waals surface area contributed by atoms with Crippen LogP contribution in [0.25, 0.3) is 0 Å². The van der Waals surface area contributed by atoms with E-state index in [0.29, 0.717) is 17.7 Å². The van der Waals surface area contributed by atoms with Crippen LogP contribution in [0.1, 0.15) is 38.7 Å². The molecule has 0 spiro atoms. The van der Waals surface area contributed by atoms with Crippen LogP contribution >= 0.6 is 0 Å². The molecule has 146 valence electrons. The molecule has 2 aromatic rings. The number of benzene rings is 1. The summed E-state index contributed by atoms with van der Waals surface area (Å²) >= 11 is 0. The third-order valence-electron chi connectivity index (χ3n) is 5.38. The number of aromatic nitrogens is 2. The van der Waals surface area contributed by atoms with Crippen LogP contribution in [0.4, 0.5) is 5.82 Å². The summed E-state index contributed by atoms with van der Waals surface area (Å²) < 4.78 is 0. The molecule has 3 heterocycles. The lowest BCUT2D eigenvalue weighted by Gasteiger charge is -2.35. The molecule has 4 rings (SSSR count). The topological polar surface area (TPSA) is 69.6 Å². The van der Waals surface area contributed by atoms with Crippen molar-refractivity contribution in [2.75, 3.05) is 44.2 Å². The number of piperazine rings is 1. The van der Waals surface area contributed by atoms with E-state index in [1.807, 2.05) is 19.9 Å². The summed E-state index contributed by atoms with van der Waals surface area (Å²) in [6, 6.07) is 9.09. The van der Waals surface area contributed by atoms with E-state index in [1.54, 1.807) is 24.3 Å². The molecule has 1 saturated heterocycles. The van der Waals surface area contributed by atoms with Crippen molar-refractivity contribution in [3.8, 4) is 0 Å². The van der Waals surface area contributed by atoms with Gasteiger partial charge < -0.3 is 4.90 Å². The fourth-order valence-corrected chi connectivity index (χ4v) is 3.95. The van der Waals surface area contributed by atoms with E-state index in [2.05, 4.69) is 19.8 Å². The lowest BCUT2D eigenvalue weighted by molar-refractivity contribution is 0.0647. The first kappa shape index (κ1) is 18.6. The molecular formula is C21H25N5O2. The Kier molecular flexibility index (Phi) is 5.09. The molecule has 0 aliphatic carbocycles. The third kappa shape index (κ3) is 3.62. The zero-order chi connectivity index (χ0) is 19.7. The van der Waals surface area contributed by atoms with Gasteiger partial charge in [0.1, 0.15) is 11.6 Å². The second kappa shape index (κ2) is 7.67. The molecule has 2 aliphatic heterocycles. The van der Waals surface area contributed by atoms with Gasteiger partial charge >= 0.3 is 0 Å². The van der Waals surface area contributed by atoms with Crippen molar-refractivity contribution in [2.45, 2.75) is 20.3 Å². The molecule has 2 aliphatic rings. The number of imide groups is 1. The second-order valence-corrected chi connectivity index (χ2v) is 7.40. The Balaban J connectivity index is 1.26. The Morgan fingerprint density at radius 1 is 0.893 bits per heavy atom. The highest BCUT2D eigenvalue weighted by molar-refractivity contribution is 6.21. The lowest BCUT2D eigenvalue weighted by atomic mass is 10.1. The minimum Gasteiger partial charge on any atom is -0.354 e. The summed E-state index contributed by atoms with van der Waals surface area (Å²) in [5.74, 6) is 1.47. The summed E-state index contributed by atoms with van der Waals surface area (Å²) in [4.78, 5) is 39.8. The summed E-state index contributed by atoms with van der Waals surface area (Å²) in [7, 11) is 0. The molecule has 0 N–H and O–H groups in total. The fraction of sp³-hybridized carbons (Fsp3) is 0.429. The van der Waals surface area contributed by atoms with Gasteiger partial charge in [-0.25, -0.2) is 9.97 Å². The maximum Gasteiger partial charge on any atom is 0.261 e. The van der Waals surface area contributed by atoms with Crippen LogP contribution in [-0.2, 0) is 0 Å². The number of aryl methyl sites for hydroxylation is 2. The van der Waals surface area contributed by atoms with Crippen LogP contribution in [-0.4, -0.2) is 70.9 Å². The zero-order valence-electron chi connectivity index (χ0n) is 16.4. The number of amides is 2. The van der Waals surface area contributed by atoms with Gasteiger partial charge in [-0.15, -0.1) is 0 Å². The SMILES string of the molecule is Cc1cc(N2CCN(CCCN3C(=O)c4ccccc4C3=O)CC2)nc(C)n1. The molecule has 1 fully saturated rings. The van der Waals surface area contributed by atoms with Crippen LogP contribution in [0.3, 0.4) is 0 Å². The number of rotatable bonds is 5. The molecule has 1 aromatic carbocycles. The number of anilines is 1. The van der Waals surface area contributed by atoms with Crippen LogP contribution in [0.5, 0.6) is 0 Å². The third-order valence-corrected chi connectivity index (χ3v) is 5.38. The summed E-state index contributed by atoms with van der Waals surface area (Å²) in [5, 5.41) is 0. The van der Waals surface area contributed by atoms with Crippen molar-refractivity contribution in [1.82, 2.24) is 19.8 Å². The van der Waals surface area contributed by atoms with E-state index in [1.165, 1.54) is 4.90 Å². The highest BCUT2D eigenvalue weighted by atomic mass is 16.2. The van der Waals surface area contributed by atoms with Gasteiger partial charge in [0.2, 0.25) is 0 Å². The molecule has 2 amide bonds. The average molecular weight is 379 g/mol. The Hall–Kier alpha value is -2.80. The van der Waals surface area contributed by atoms with Gasteiger partial charge in [0.25, 0.3) is 11.8 Å². The number of fused-ring (bicyclic) bond motifs is 1. The molecule has 7 nitrogen and oxygen atoms in total. The van der Waals surface area contributed by atoms with Crippen molar-refractivity contribution in [1.29, 1.82) is 0 Å². The highest BCUT2D eigenvalue weighted by Crippen LogP contribution is 2.22. The molecule has 28 heavy (non-hydrogen) atoms. The maximum atomic E-state index is 12.4. The Morgan fingerprint density at radius 3 is 2.14 bits per heavy atom. The quantitative estimate of drug-likeness (QED) is 0.739. The normalized spacial score (nSPS) is 17.4. The molecule has 0 radical (unpaired) electrons. The number of hydrogen-bond donors (Lipinski definition) is 0. The average Bonchev–Trinajstić information content (AvgIpc) is 2.93. The predicted octanol–water partition coefficient (Wildman–Crippen LogP) is 1.90. The smallest absolute Gasteiger partial charge is 0.261 e. The molecule has 0 atom stereocenters. The standard InChI is InChI=1S/C21H25N5O2/c1-15-14-19(23-16(2)22-15)25-12-10-24(11-13-25)8-5-9-26-20(27)17-6-3-4-7-18(17)21(26)28/h3-4,6-7,14H,5,8-13H2,1-2H3. The van der Waals surface area contributed by atoms with Gasteiger partial charge in [0, 0.05) is 44.5 Å². The van der Waals surface area contributed by atoms with E-state index < -0.39 is 0 Å². The van der Waals surface area contributed by atoms with Crippen LogP contribution in [0.15, 0.2) is 30.3 Å². The Bertz CT molecular complexity index is 850. The highest BCUT2D eigenvalue weighted by Gasteiger charge is 2.34. The van der Waals surface area contributed by atoms with Crippen LogP contribution in [0, 0.1) is 13.8 Å². The van der Waals surface area contributed by atoms with Crippen LogP contribution in [0.2, 0.25) is 0 Å². The maximum absolute atomic E-state index is 12.4. The molecule has 0 unspecified atom stereocenters. The first-order valence-electron chi connectivity index (χ1n) is 9.78. The first-order chi connectivity index (χ1) is 13.5. The summed E-state index contributed by atoms with van der Waals surface area (Å²) in [6.07, 6.45) is 0.789. The Morgan fingerprint density at radius 2 is 1.54 bits per heavy atom. The molecular weight excluding hydrogens is 354 g/mol. The predicted molar refractivity (Wildman–Crippen MR) is 107 cm³/mol. The van der Waals surface area contributed by atoms with Gasteiger partial charge in [-0.2, -0.15) is 0 Å². The van der Waals surface area contributed by atoms with Crippen molar-refractivity contribution in [2.24, 2.45) is 0 Å². The number of carbonyl (C=O) groups excluding carboxylic acids is 2. The van der Waals surface area contributed by atoms with Crippen molar-refractivity contribution < 1.29 is 9.59 Å². The Labute approximate surface area is 165 Å². The van der Waals surface area contributed by atoms with Crippen molar-refractivity contribution in [3.63, 3.8) is 0 Å². The molecule has 0 bridgehead atoms. The number of hydrogen-bond acceptors (Lipinski definition) is 6. The first-order valence-corrected chi connectivity index (χ1v) is 9.78. The van der Waals surface area contributed by atoms with Crippen LogP contribution < -0.4 is 4.90 Å².